The Bertz CT molecular complexity index is 1310. The highest BCUT2D eigenvalue weighted by Crippen LogP contribution is 2.41. The van der Waals surface area contributed by atoms with Gasteiger partial charge in [-0.15, -0.1) is 0 Å². The summed E-state index contributed by atoms with van der Waals surface area (Å²) in [6.45, 7) is 3.80. The summed E-state index contributed by atoms with van der Waals surface area (Å²) in [5, 5.41) is 14.7. The molecule has 0 radical (unpaired) electrons. The van der Waals surface area contributed by atoms with Gasteiger partial charge in [0, 0.05) is 28.8 Å². The van der Waals surface area contributed by atoms with E-state index in [4.69, 9.17) is 11.6 Å². The van der Waals surface area contributed by atoms with Crippen molar-refractivity contribution in [3.63, 3.8) is 0 Å². The number of anilines is 1. The van der Waals surface area contributed by atoms with Gasteiger partial charge in [-0.05, 0) is 30.0 Å². The maximum atomic E-state index is 15.1. The molecule has 5 rings (SSSR count). The minimum absolute atomic E-state index is 0.0349. The molecular weight excluding hydrogens is 412 g/mol. The number of H-pyrrole nitrogens is 1. The molecule has 9 heteroatoms. The van der Waals surface area contributed by atoms with Crippen LogP contribution in [-0.4, -0.2) is 31.9 Å². The molecule has 6 nitrogen and oxygen atoms in total. The second-order valence-electron chi connectivity index (χ2n) is 7.89. The highest BCUT2D eigenvalue weighted by molar-refractivity contribution is 6.35. The van der Waals surface area contributed by atoms with Crippen molar-refractivity contribution in [1.82, 2.24) is 19.8 Å². The summed E-state index contributed by atoms with van der Waals surface area (Å²) in [5.74, 6) is -1.18. The van der Waals surface area contributed by atoms with Crippen LogP contribution in [0.1, 0.15) is 31.7 Å². The smallest absolute Gasteiger partial charge is 0.231 e. The quantitative estimate of drug-likeness (QED) is 0.474. The average Bonchev–Trinajstić information content (AvgIpc) is 3.08. The van der Waals surface area contributed by atoms with Gasteiger partial charge in [-0.3, -0.25) is 9.89 Å². The highest BCUT2D eigenvalue weighted by Gasteiger charge is 2.43. The molecule has 1 aromatic carbocycles. The van der Waals surface area contributed by atoms with Crippen LogP contribution >= 0.6 is 11.6 Å². The molecule has 154 valence electrons. The standard InChI is InChI=1S/C21H18ClF2N5O/c1-9(2)16-19(24)18(22)17(13-8-25-27-20(13)16)10-3-4-29-11(5-10)6-15(28-29)26-21(30)12-7-14(12)23/h3-6,8-9,12,14H,7H2,1-2H3,(H,25,27)(H,26,28,30). The molecule has 2 N–H and O–H groups in total. The van der Waals surface area contributed by atoms with Crippen LogP contribution in [0.15, 0.2) is 30.6 Å². The van der Waals surface area contributed by atoms with Crippen molar-refractivity contribution in [2.24, 2.45) is 5.92 Å². The number of hydrogen-bond acceptors (Lipinski definition) is 3. The summed E-state index contributed by atoms with van der Waals surface area (Å²) >= 11 is 6.46. The Morgan fingerprint density at radius 1 is 1.40 bits per heavy atom. The van der Waals surface area contributed by atoms with Crippen LogP contribution in [0.5, 0.6) is 0 Å². The molecule has 0 bridgehead atoms. The number of aromatic amines is 1. The number of hydrogen-bond donors (Lipinski definition) is 2. The van der Waals surface area contributed by atoms with Gasteiger partial charge in [-0.1, -0.05) is 25.4 Å². The predicted octanol–water partition coefficient (Wildman–Crippen LogP) is 5.09. The number of benzene rings is 1. The van der Waals surface area contributed by atoms with Crippen molar-refractivity contribution in [1.29, 1.82) is 0 Å². The van der Waals surface area contributed by atoms with Crippen LogP contribution in [0.4, 0.5) is 14.6 Å². The van der Waals surface area contributed by atoms with E-state index in [1.807, 2.05) is 13.8 Å². The van der Waals surface area contributed by atoms with E-state index in [0.717, 1.165) is 5.39 Å². The summed E-state index contributed by atoms with van der Waals surface area (Å²) in [7, 11) is 0. The molecule has 2 atom stereocenters. The van der Waals surface area contributed by atoms with Crippen LogP contribution in [0.3, 0.4) is 0 Å². The number of nitrogens with one attached hydrogen (secondary N) is 2. The van der Waals surface area contributed by atoms with Crippen LogP contribution < -0.4 is 5.32 Å². The van der Waals surface area contributed by atoms with Gasteiger partial charge in [0.15, 0.2) is 5.82 Å². The first-order valence-electron chi connectivity index (χ1n) is 9.63. The van der Waals surface area contributed by atoms with Crippen molar-refractivity contribution in [3.05, 3.63) is 47.0 Å². The lowest BCUT2D eigenvalue weighted by molar-refractivity contribution is -0.117. The molecule has 0 aliphatic heterocycles. The number of nitrogens with zero attached hydrogens (tertiary/aromatic N) is 3. The van der Waals surface area contributed by atoms with Gasteiger partial charge in [0.1, 0.15) is 12.0 Å². The molecule has 3 heterocycles. The van der Waals surface area contributed by atoms with Crippen molar-refractivity contribution in [3.8, 4) is 11.1 Å². The van der Waals surface area contributed by atoms with E-state index >= 15 is 4.39 Å². The summed E-state index contributed by atoms with van der Waals surface area (Å²) in [5.41, 5.74) is 3.02. The Kier molecular flexibility index (Phi) is 4.28. The summed E-state index contributed by atoms with van der Waals surface area (Å²) in [6, 6.07) is 5.25. The van der Waals surface area contributed by atoms with Crippen LogP contribution in [0.2, 0.25) is 5.02 Å². The lowest BCUT2D eigenvalue weighted by atomic mass is 9.94. The topological polar surface area (TPSA) is 75.1 Å². The van der Waals surface area contributed by atoms with Gasteiger partial charge in [0.25, 0.3) is 0 Å². The number of rotatable bonds is 4. The van der Waals surface area contributed by atoms with E-state index in [1.165, 1.54) is 0 Å². The fraction of sp³-hybridized carbons (Fsp3) is 0.286. The monoisotopic (exact) mass is 429 g/mol. The average molecular weight is 430 g/mol. The number of halogens is 3. The molecule has 1 amide bonds. The van der Waals surface area contributed by atoms with Gasteiger partial charge < -0.3 is 5.32 Å². The first kappa shape index (κ1) is 19.0. The SMILES string of the molecule is CC(C)c1c(F)c(Cl)c(-c2ccn3nc(NC(=O)C4CC4F)cc3c2)c2cn[nH]c12. The van der Waals surface area contributed by atoms with Gasteiger partial charge in [0.05, 0.1) is 28.2 Å². The first-order chi connectivity index (χ1) is 14.3. The molecule has 1 aliphatic carbocycles. The van der Waals surface area contributed by atoms with Gasteiger partial charge in [0.2, 0.25) is 5.91 Å². The highest BCUT2D eigenvalue weighted by atomic mass is 35.5. The first-order valence-corrected chi connectivity index (χ1v) is 10.0. The lowest BCUT2D eigenvalue weighted by Crippen LogP contribution is -2.15. The number of aromatic nitrogens is 4. The summed E-state index contributed by atoms with van der Waals surface area (Å²) in [6.07, 6.45) is 2.51. The Balaban J connectivity index is 1.59. The number of carbonyl (C=O) groups excluding carboxylic acids is 1. The summed E-state index contributed by atoms with van der Waals surface area (Å²) < 4.78 is 29.8. The molecule has 3 aromatic heterocycles. The summed E-state index contributed by atoms with van der Waals surface area (Å²) in [4.78, 5) is 12.0. The normalized spacial score (nSPS) is 18.5. The van der Waals surface area contributed by atoms with Gasteiger partial charge >= 0.3 is 0 Å². The van der Waals surface area contributed by atoms with Crippen LogP contribution in [0, 0.1) is 11.7 Å². The number of alkyl halides is 1. The fourth-order valence-electron chi connectivity index (χ4n) is 3.83. The van der Waals surface area contributed by atoms with Crippen LogP contribution in [-0.2, 0) is 4.79 Å². The largest absolute Gasteiger partial charge is 0.309 e. The van der Waals surface area contributed by atoms with Crippen LogP contribution in [0.25, 0.3) is 27.5 Å². The molecular formula is C21H18ClF2N5O. The molecule has 1 fully saturated rings. The van der Waals surface area contributed by atoms with E-state index in [2.05, 4.69) is 20.6 Å². The maximum absolute atomic E-state index is 15.1. The third-order valence-corrected chi connectivity index (χ3v) is 5.81. The Hall–Kier alpha value is -3.00. The molecule has 30 heavy (non-hydrogen) atoms. The molecule has 0 saturated heterocycles. The molecule has 4 aromatic rings. The number of pyridine rings is 1. The van der Waals surface area contributed by atoms with Crippen molar-refractivity contribution in [2.45, 2.75) is 32.4 Å². The Morgan fingerprint density at radius 3 is 2.87 bits per heavy atom. The van der Waals surface area contributed by atoms with Crippen molar-refractivity contribution < 1.29 is 13.6 Å². The van der Waals surface area contributed by atoms with Crippen molar-refractivity contribution in [2.75, 3.05) is 5.32 Å². The number of carbonyl (C=O) groups is 1. The Labute approximate surface area is 175 Å². The number of fused-ring (bicyclic) bond motifs is 2. The van der Waals surface area contributed by atoms with E-state index < -0.39 is 17.9 Å². The third-order valence-electron chi connectivity index (χ3n) is 5.46. The van der Waals surface area contributed by atoms with E-state index in [1.54, 1.807) is 35.1 Å². The van der Waals surface area contributed by atoms with E-state index in [0.29, 0.717) is 33.5 Å². The predicted molar refractivity (Wildman–Crippen MR) is 111 cm³/mol. The fourth-order valence-corrected chi connectivity index (χ4v) is 4.14. The zero-order chi connectivity index (χ0) is 21.2. The molecule has 1 aliphatic rings. The molecule has 0 spiro atoms. The maximum Gasteiger partial charge on any atom is 0.231 e. The Morgan fingerprint density at radius 2 is 2.17 bits per heavy atom. The zero-order valence-electron chi connectivity index (χ0n) is 16.2. The zero-order valence-corrected chi connectivity index (χ0v) is 17.0. The minimum atomic E-state index is -1.07. The van der Waals surface area contributed by atoms with Crippen molar-refractivity contribution >= 4 is 39.7 Å². The third kappa shape index (κ3) is 2.94. The van der Waals surface area contributed by atoms with Gasteiger partial charge in [-0.25, -0.2) is 13.3 Å². The lowest BCUT2D eigenvalue weighted by Gasteiger charge is -2.14. The molecule has 1 saturated carbocycles. The minimum Gasteiger partial charge on any atom is -0.309 e. The number of amides is 1. The van der Waals surface area contributed by atoms with E-state index in [-0.39, 0.29) is 23.3 Å². The van der Waals surface area contributed by atoms with Gasteiger partial charge in [-0.2, -0.15) is 10.2 Å². The molecule has 2 unspecified atom stereocenters. The van der Waals surface area contributed by atoms with E-state index in [9.17, 15) is 9.18 Å². The second-order valence-corrected chi connectivity index (χ2v) is 8.27. The second kappa shape index (κ2) is 6.77.